The van der Waals surface area contributed by atoms with Crippen LogP contribution in [0.2, 0.25) is 0 Å². The Morgan fingerprint density at radius 2 is 1.89 bits per heavy atom. The van der Waals surface area contributed by atoms with E-state index in [0.29, 0.717) is 6.54 Å². The van der Waals surface area contributed by atoms with E-state index in [-0.39, 0.29) is 6.03 Å². The van der Waals surface area contributed by atoms with Crippen molar-refractivity contribution in [3.8, 4) is 11.1 Å². The Kier molecular flexibility index (Phi) is 5.81. The number of aliphatic imine (C=N–C) groups is 1. The van der Waals surface area contributed by atoms with Crippen molar-refractivity contribution in [3.05, 3.63) is 65.2 Å². The number of allylic oxidation sites excluding steroid dienone is 2. The maximum atomic E-state index is 12.3. The molecule has 5 nitrogen and oxygen atoms in total. The fourth-order valence-corrected chi connectivity index (χ4v) is 2.94. The van der Waals surface area contributed by atoms with Gasteiger partial charge < -0.3 is 5.32 Å². The van der Waals surface area contributed by atoms with Gasteiger partial charge in [-0.1, -0.05) is 48.9 Å². The summed E-state index contributed by atoms with van der Waals surface area (Å²) in [6.07, 6.45) is 6.30. The Balaban J connectivity index is 1.84. The van der Waals surface area contributed by atoms with Crippen molar-refractivity contribution in [2.75, 3.05) is 12.4 Å². The van der Waals surface area contributed by atoms with Crippen LogP contribution < -0.4 is 5.32 Å². The number of hydrazone groups is 1. The molecule has 0 saturated heterocycles. The summed E-state index contributed by atoms with van der Waals surface area (Å²) in [5.74, 6) is 0. The summed E-state index contributed by atoms with van der Waals surface area (Å²) in [6, 6.07) is 14.3. The molecule has 2 aromatic carbocycles. The number of anilines is 1. The Labute approximate surface area is 160 Å². The fourth-order valence-electron chi connectivity index (χ4n) is 2.94. The van der Waals surface area contributed by atoms with Crippen LogP contribution in [0.15, 0.2) is 64.2 Å². The maximum absolute atomic E-state index is 12.3. The lowest BCUT2D eigenvalue weighted by atomic mass is 10.00. The van der Waals surface area contributed by atoms with Gasteiger partial charge in [0.05, 0.1) is 12.8 Å². The summed E-state index contributed by atoms with van der Waals surface area (Å²) in [7, 11) is 1.72. The van der Waals surface area contributed by atoms with Crippen molar-refractivity contribution < 1.29 is 4.79 Å². The van der Waals surface area contributed by atoms with Crippen LogP contribution in [0.4, 0.5) is 10.5 Å². The smallest absolute Gasteiger partial charge is 0.306 e. The van der Waals surface area contributed by atoms with E-state index in [4.69, 9.17) is 0 Å². The van der Waals surface area contributed by atoms with E-state index in [1.165, 1.54) is 10.6 Å². The average Bonchev–Trinajstić information content (AvgIpc) is 2.67. The summed E-state index contributed by atoms with van der Waals surface area (Å²) in [6.45, 7) is 4.56. The minimum absolute atomic E-state index is 0.230. The summed E-state index contributed by atoms with van der Waals surface area (Å²) in [5.41, 5.74) is 6.26. The zero-order valence-electron chi connectivity index (χ0n) is 15.9. The summed E-state index contributed by atoms with van der Waals surface area (Å²) in [4.78, 5) is 16.3. The predicted molar refractivity (Wildman–Crippen MR) is 112 cm³/mol. The van der Waals surface area contributed by atoms with Gasteiger partial charge in [0.1, 0.15) is 0 Å². The Hall–Kier alpha value is -3.21. The minimum Gasteiger partial charge on any atom is -0.306 e. The van der Waals surface area contributed by atoms with Gasteiger partial charge in [-0.25, -0.2) is 9.80 Å². The normalized spacial score (nSPS) is 14.7. The van der Waals surface area contributed by atoms with Gasteiger partial charge in [-0.15, -0.1) is 0 Å². The van der Waals surface area contributed by atoms with Crippen LogP contribution in [-0.4, -0.2) is 30.5 Å². The summed E-state index contributed by atoms with van der Waals surface area (Å²) < 4.78 is 0. The predicted octanol–water partition coefficient (Wildman–Crippen LogP) is 5.03. The summed E-state index contributed by atoms with van der Waals surface area (Å²) >= 11 is 0. The Morgan fingerprint density at radius 3 is 2.59 bits per heavy atom. The molecular weight excluding hydrogens is 336 g/mol. The first-order valence-electron chi connectivity index (χ1n) is 9.05. The number of hydrogen-bond donors (Lipinski definition) is 1. The van der Waals surface area contributed by atoms with E-state index >= 15 is 0 Å². The molecule has 1 heterocycles. The highest BCUT2D eigenvalue weighted by Crippen LogP contribution is 2.29. The van der Waals surface area contributed by atoms with Gasteiger partial charge in [0.25, 0.3) is 0 Å². The molecule has 1 aliphatic rings. The van der Waals surface area contributed by atoms with Gasteiger partial charge in [-0.05, 0) is 42.2 Å². The third kappa shape index (κ3) is 4.50. The van der Waals surface area contributed by atoms with Gasteiger partial charge >= 0.3 is 6.03 Å². The molecule has 1 aliphatic heterocycles. The lowest BCUT2D eigenvalue weighted by molar-refractivity contribution is 0.209. The van der Waals surface area contributed by atoms with Gasteiger partial charge in [-0.3, -0.25) is 4.99 Å². The second-order valence-corrected chi connectivity index (χ2v) is 6.47. The second-order valence-electron chi connectivity index (χ2n) is 6.47. The van der Waals surface area contributed by atoms with Crippen LogP contribution in [0, 0.1) is 6.92 Å². The molecule has 0 saturated carbocycles. The minimum atomic E-state index is -0.230. The van der Waals surface area contributed by atoms with Crippen LogP contribution in [-0.2, 0) is 6.54 Å². The lowest BCUT2D eigenvalue weighted by Gasteiger charge is -2.26. The SMILES string of the molecule is CC/C=C(C=NC)/C=N/N1Cc2cc(-c3ccc(C)cc3)ccc2NC1=O. The van der Waals surface area contributed by atoms with Crippen LogP contribution in [0.1, 0.15) is 24.5 Å². The first-order valence-corrected chi connectivity index (χ1v) is 9.05. The topological polar surface area (TPSA) is 57.1 Å². The van der Waals surface area contributed by atoms with Gasteiger partial charge in [0.2, 0.25) is 0 Å². The molecule has 138 valence electrons. The Bertz CT molecular complexity index is 910. The van der Waals surface area contributed by atoms with E-state index in [1.807, 2.05) is 25.1 Å². The van der Waals surface area contributed by atoms with E-state index < -0.39 is 0 Å². The molecule has 3 rings (SSSR count). The van der Waals surface area contributed by atoms with Crippen molar-refractivity contribution in [3.63, 3.8) is 0 Å². The summed E-state index contributed by atoms with van der Waals surface area (Å²) in [5, 5.41) is 8.70. The monoisotopic (exact) mass is 360 g/mol. The average molecular weight is 360 g/mol. The lowest BCUT2D eigenvalue weighted by Crippen LogP contribution is -2.35. The third-order valence-corrected chi connectivity index (χ3v) is 4.35. The van der Waals surface area contributed by atoms with Crippen molar-refractivity contribution >= 4 is 24.1 Å². The number of carbonyl (C=O) groups is 1. The maximum Gasteiger partial charge on any atom is 0.342 e. The number of carbonyl (C=O) groups excluding carboxylic acids is 1. The number of nitrogens with one attached hydrogen (secondary N) is 1. The number of hydrogen-bond acceptors (Lipinski definition) is 3. The van der Waals surface area contributed by atoms with Crippen LogP contribution >= 0.6 is 0 Å². The zero-order chi connectivity index (χ0) is 19.2. The number of benzene rings is 2. The van der Waals surface area contributed by atoms with Crippen molar-refractivity contribution in [1.29, 1.82) is 0 Å². The highest BCUT2D eigenvalue weighted by molar-refractivity contribution is 6.04. The van der Waals surface area contributed by atoms with Crippen LogP contribution in [0.5, 0.6) is 0 Å². The molecule has 0 bridgehead atoms. The molecule has 2 amide bonds. The number of fused-ring (bicyclic) bond motifs is 1. The molecule has 0 radical (unpaired) electrons. The van der Waals surface area contributed by atoms with E-state index in [9.17, 15) is 4.79 Å². The van der Waals surface area contributed by atoms with Crippen LogP contribution in [0.25, 0.3) is 11.1 Å². The van der Waals surface area contributed by atoms with Crippen LogP contribution in [0.3, 0.4) is 0 Å². The molecule has 0 aromatic heterocycles. The number of nitrogens with zero attached hydrogens (tertiary/aromatic N) is 3. The molecule has 2 aromatic rings. The van der Waals surface area contributed by atoms with E-state index in [2.05, 4.69) is 52.7 Å². The first kappa shape index (κ1) is 18.6. The number of rotatable bonds is 5. The molecule has 27 heavy (non-hydrogen) atoms. The molecule has 5 heteroatoms. The highest BCUT2D eigenvalue weighted by atomic mass is 16.2. The molecule has 0 unspecified atom stereocenters. The molecular formula is C22H24N4O. The molecule has 0 spiro atoms. The second kappa shape index (κ2) is 8.45. The molecule has 1 N–H and O–H groups in total. The number of urea groups is 1. The van der Waals surface area contributed by atoms with Gasteiger partial charge in [0, 0.05) is 24.5 Å². The standard InChI is InChI=1S/C22H24N4O/c1-4-5-17(13-23-3)14-24-26-15-20-12-19(10-11-21(20)25-22(26)27)18-8-6-16(2)7-9-18/h5-14H,4,15H2,1-3H3,(H,25,27)/b17-5+,23-13?,24-14+. The van der Waals surface area contributed by atoms with Crippen molar-refractivity contribution in [2.45, 2.75) is 26.8 Å². The fraction of sp³-hybridized carbons (Fsp3) is 0.227. The quantitative estimate of drug-likeness (QED) is 0.747. The number of aryl methyl sites for hydroxylation is 1. The zero-order valence-corrected chi connectivity index (χ0v) is 15.9. The van der Waals surface area contributed by atoms with Crippen molar-refractivity contribution in [1.82, 2.24) is 5.01 Å². The first-order chi connectivity index (χ1) is 13.1. The highest BCUT2D eigenvalue weighted by Gasteiger charge is 2.22. The third-order valence-electron chi connectivity index (χ3n) is 4.35. The molecule has 0 atom stereocenters. The van der Waals surface area contributed by atoms with Crippen molar-refractivity contribution in [2.24, 2.45) is 10.1 Å². The van der Waals surface area contributed by atoms with Gasteiger partial charge in [-0.2, -0.15) is 5.10 Å². The van der Waals surface area contributed by atoms with Gasteiger partial charge in [0.15, 0.2) is 0 Å². The molecule has 0 fully saturated rings. The molecule has 0 aliphatic carbocycles. The Morgan fingerprint density at radius 1 is 1.15 bits per heavy atom. The largest absolute Gasteiger partial charge is 0.342 e. The number of amides is 2. The van der Waals surface area contributed by atoms with E-state index in [0.717, 1.165) is 34.4 Å². The van der Waals surface area contributed by atoms with E-state index in [1.54, 1.807) is 19.5 Å².